The molecule has 0 aromatic heterocycles. The van der Waals surface area contributed by atoms with Crippen molar-refractivity contribution >= 4 is 29.6 Å². The highest BCUT2D eigenvalue weighted by Crippen LogP contribution is 2.39. The maximum atomic E-state index is 12.5. The number of amides is 1. The predicted molar refractivity (Wildman–Crippen MR) is 90.2 cm³/mol. The van der Waals surface area contributed by atoms with Crippen LogP contribution in [0.15, 0.2) is 10.6 Å². The van der Waals surface area contributed by atoms with Crippen LogP contribution in [0.25, 0.3) is 0 Å². The van der Waals surface area contributed by atoms with Crippen molar-refractivity contribution in [2.24, 2.45) is 0 Å². The van der Waals surface area contributed by atoms with Gasteiger partial charge in [-0.3, -0.25) is 4.79 Å². The van der Waals surface area contributed by atoms with Gasteiger partial charge in [-0.1, -0.05) is 11.8 Å². The largest absolute Gasteiger partial charge is 0.462 e. The van der Waals surface area contributed by atoms with Gasteiger partial charge in [-0.2, -0.15) is 0 Å². The Morgan fingerprint density at radius 2 is 1.62 bits per heavy atom. The summed E-state index contributed by atoms with van der Waals surface area (Å²) in [4.78, 5) is 38.4. The molecule has 0 bridgehead atoms. The minimum atomic E-state index is -0.768. The fraction of sp³-hybridized carbons (Fsp3) is 0.688. The fourth-order valence-electron chi connectivity index (χ4n) is 2.20. The molecule has 1 rings (SSSR count). The molecule has 1 heterocycles. The van der Waals surface area contributed by atoms with Gasteiger partial charge in [0.2, 0.25) is 5.91 Å². The van der Waals surface area contributed by atoms with E-state index in [1.807, 2.05) is 6.92 Å². The van der Waals surface area contributed by atoms with Crippen LogP contribution in [0.2, 0.25) is 0 Å². The SMILES string of the molecule is CCOCCC1SC(=C(C(=O)OCC)C(=O)OCC)N(CC)C1=O. The molecule has 8 heteroatoms. The maximum absolute atomic E-state index is 12.5. The molecule has 1 atom stereocenters. The zero-order chi connectivity index (χ0) is 18.1. The van der Waals surface area contributed by atoms with Crippen LogP contribution in [0.4, 0.5) is 0 Å². The third kappa shape index (κ3) is 4.98. The molecule has 0 radical (unpaired) electrons. The van der Waals surface area contributed by atoms with E-state index in [0.717, 1.165) is 0 Å². The number of hydrogen-bond acceptors (Lipinski definition) is 7. The standard InChI is InChI=1S/C16H25NO6S/c1-5-17-13(18)11(9-10-21-6-2)24-14(17)12(15(19)22-7-3)16(20)23-8-4/h11H,5-10H2,1-4H3. The Kier molecular flexibility index (Phi) is 8.84. The van der Waals surface area contributed by atoms with Crippen LogP contribution in [0, 0.1) is 0 Å². The first-order valence-corrected chi connectivity index (χ1v) is 9.03. The van der Waals surface area contributed by atoms with Crippen LogP contribution in [0.3, 0.4) is 0 Å². The van der Waals surface area contributed by atoms with Crippen molar-refractivity contribution in [3.63, 3.8) is 0 Å². The molecule has 24 heavy (non-hydrogen) atoms. The van der Waals surface area contributed by atoms with Gasteiger partial charge in [-0.05, 0) is 34.1 Å². The summed E-state index contributed by atoms with van der Waals surface area (Å²) in [5.74, 6) is -1.67. The number of esters is 2. The summed E-state index contributed by atoms with van der Waals surface area (Å²) in [6, 6.07) is 0. The molecule has 1 aliphatic heterocycles. The van der Waals surface area contributed by atoms with Gasteiger partial charge in [0.05, 0.1) is 18.5 Å². The van der Waals surface area contributed by atoms with Gasteiger partial charge in [0.15, 0.2) is 5.57 Å². The van der Waals surface area contributed by atoms with Crippen LogP contribution >= 0.6 is 11.8 Å². The molecule has 1 amide bonds. The average Bonchev–Trinajstić information content (AvgIpc) is 2.84. The maximum Gasteiger partial charge on any atom is 0.348 e. The summed E-state index contributed by atoms with van der Waals surface area (Å²) in [6.45, 7) is 8.61. The van der Waals surface area contributed by atoms with Gasteiger partial charge in [-0.25, -0.2) is 9.59 Å². The molecule has 0 saturated carbocycles. The van der Waals surface area contributed by atoms with E-state index in [4.69, 9.17) is 14.2 Å². The van der Waals surface area contributed by atoms with Crippen molar-refractivity contribution in [1.29, 1.82) is 0 Å². The van der Waals surface area contributed by atoms with Crippen molar-refractivity contribution in [1.82, 2.24) is 4.90 Å². The van der Waals surface area contributed by atoms with Crippen molar-refractivity contribution in [3.8, 4) is 0 Å². The van der Waals surface area contributed by atoms with Crippen molar-refractivity contribution < 1.29 is 28.6 Å². The minimum Gasteiger partial charge on any atom is -0.462 e. The van der Waals surface area contributed by atoms with E-state index < -0.39 is 11.9 Å². The lowest BCUT2D eigenvalue weighted by Crippen LogP contribution is -2.31. The van der Waals surface area contributed by atoms with Crippen molar-refractivity contribution in [2.45, 2.75) is 39.4 Å². The number of ether oxygens (including phenoxy) is 3. The Labute approximate surface area is 146 Å². The molecule has 1 unspecified atom stereocenters. The smallest absolute Gasteiger partial charge is 0.348 e. The second kappa shape index (κ2) is 10.4. The quantitative estimate of drug-likeness (QED) is 0.204. The Hall–Kier alpha value is -1.54. The minimum absolute atomic E-state index is 0.132. The van der Waals surface area contributed by atoms with E-state index in [2.05, 4.69) is 0 Å². The van der Waals surface area contributed by atoms with Crippen molar-refractivity contribution in [2.75, 3.05) is 33.0 Å². The molecule has 136 valence electrons. The van der Waals surface area contributed by atoms with E-state index in [-0.39, 0.29) is 29.9 Å². The number of carbonyl (C=O) groups excluding carboxylic acids is 3. The molecular formula is C16H25NO6S. The lowest BCUT2D eigenvalue weighted by molar-refractivity contribution is -0.146. The molecular weight excluding hydrogens is 334 g/mol. The van der Waals surface area contributed by atoms with E-state index in [9.17, 15) is 14.4 Å². The molecule has 0 aromatic rings. The summed E-state index contributed by atoms with van der Waals surface area (Å²) in [7, 11) is 0. The summed E-state index contributed by atoms with van der Waals surface area (Å²) >= 11 is 1.19. The van der Waals surface area contributed by atoms with Crippen LogP contribution < -0.4 is 0 Å². The molecule has 7 nitrogen and oxygen atoms in total. The number of nitrogens with zero attached hydrogens (tertiary/aromatic N) is 1. The zero-order valence-electron chi connectivity index (χ0n) is 14.6. The number of rotatable bonds is 9. The summed E-state index contributed by atoms with van der Waals surface area (Å²) in [6.07, 6.45) is 0.510. The predicted octanol–water partition coefficient (Wildman–Crippen LogP) is 1.71. The molecule has 0 aromatic carbocycles. The first kappa shape index (κ1) is 20.5. The molecule has 0 spiro atoms. The normalized spacial score (nSPS) is 17.2. The lowest BCUT2D eigenvalue weighted by Gasteiger charge is -2.17. The summed E-state index contributed by atoms with van der Waals surface area (Å²) < 4.78 is 15.2. The molecule has 1 saturated heterocycles. The molecule has 1 aliphatic rings. The average molecular weight is 359 g/mol. The van der Waals surface area contributed by atoms with E-state index in [0.29, 0.717) is 31.2 Å². The monoisotopic (exact) mass is 359 g/mol. The number of hydrogen-bond donors (Lipinski definition) is 0. The summed E-state index contributed by atoms with van der Waals surface area (Å²) in [5, 5.41) is -0.0775. The molecule has 1 fully saturated rings. The molecule has 0 N–H and O–H groups in total. The van der Waals surface area contributed by atoms with Crippen LogP contribution in [-0.4, -0.2) is 61.0 Å². The van der Waals surface area contributed by atoms with Gasteiger partial charge in [-0.15, -0.1) is 0 Å². The van der Waals surface area contributed by atoms with Crippen LogP contribution in [0.5, 0.6) is 0 Å². The van der Waals surface area contributed by atoms with Crippen LogP contribution in [0.1, 0.15) is 34.1 Å². The summed E-state index contributed by atoms with van der Waals surface area (Å²) in [5.41, 5.74) is -0.210. The lowest BCUT2D eigenvalue weighted by atomic mass is 10.2. The highest BCUT2D eigenvalue weighted by atomic mass is 32.2. The first-order chi connectivity index (χ1) is 11.5. The highest BCUT2D eigenvalue weighted by Gasteiger charge is 2.41. The topological polar surface area (TPSA) is 82.1 Å². The highest BCUT2D eigenvalue weighted by molar-refractivity contribution is 8.04. The number of carbonyl (C=O) groups is 3. The van der Waals surface area contributed by atoms with Crippen molar-refractivity contribution in [3.05, 3.63) is 10.6 Å². The van der Waals surface area contributed by atoms with Gasteiger partial charge in [0.1, 0.15) is 5.03 Å². The van der Waals surface area contributed by atoms with Gasteiger partial charge in [0.25, 0.3) is 0 Å². The molecule has 0 aliphatic carbocycles. The Morgan fingerprint density at radius 3 is 2.08 bits per heavy atom. The third-order valence-electron chi connectivity index (χ3n) is 3.26. The fourth-order valence-corrected chi connectivity index (χ4v) is 3.54. The number of thioether (sulfide) groups is 1. The second-order valence-electron chi connectivity index (χ2n) is 4.80. The first-order valence-electron chi connectivity index (χ1n) is 8.15. The van der Waals surface area contributed by atoms with Gasteiger partial charge in [0, 0.05) is 19.8 Å². The van der Waals surface area contributed by atoms with Gasteiger partial charge < -0.3 is 19.1 Å². The van der Waals surface area contributed by atoms with E-state index in [1.54, 1.807) is 20.8 Å². The van der Waals surface area contributed by atoms with Crippen LogP contribution in [-0.2, 0) is 28.6 Å². The third-order valence-corrected chi connectivity index (χ3v) is 4.63. The van der Waals surface area contributed by atoms with E-state index >= 15 is 0 Å². The zero-order valence-corrected chi connectivity index (χ0v) is 15.4. The van der Waals surface area contributed by atoms with E-state index in [1.165, 1.54) is 16.7 Å². The Morgan fingerprint density at radius 1 is 1.04 bits per heavy atom. The Bertz CT molecular complexity index is 485. The van der Waals surface area contributed by atoms with Gasteiger partial charge >= 0.3 is 11.9 Å². The Balaban J connectivity index is 3.15. The second-order valence-corrected chi connectivity index (χ2v) is 5.99.